The molecule has 2 aromatic carbocycles. The zero-order valence-corrected chi connectivity index (χ0v) is 14.1. The quantitative estimate of drug-likeness (QED) is 0.787. The second kappa shape index (κ2) is 7.71. The summed E-state index contributed by atoms with van der Waals surface area (Å²) in [5.74, 6) is 0.155. The molecule has 1 N–H and O–H groups in total. The van der Waals surface area contributed by atoms with Crippen molar-refractivity contribution in [1.29, 1.82) is 0 Å². The van der Waals surface area contributed by atoms with E-state index in [1.807, 2.05) is 0 Å². The van der Waals surface area contributed by atoms with Crippen LogP contribution >= 0.6 is 15.9 Å². The first-order valence-electron chi connectivity index (χ1n) is 7.31. The van der Waals surface area contributed by atoms with Crippen LogP contribution < -0.4 is 5.32 Å². The summed E-state index contributed by atoms with van der Waals surface area (Å²) in [6.45, 7) is 6.03. The molecular weight excluding hydrogens is 329 g/mol. The molecule has 112 valence electrons. The molecular formula is C18H21BrFN. The number of likely N-dealkylation sites (N-methyl/N-ethyl adjacent to an activating group) is 1. The highest BCUT2D eigenvalue weighted by Gasteiger charge is 2.14. The summed E-state index contributed by atoms with van der Waals surface area (Å²) in [6, 6.07) is 13.5. The summed E-state index contributed by atoms with van der Waals surface area (Å²) in [6.07, 6.45) is 0.814. The number of nitrogens with one attached hydrogen (secondary N) is 1. The van der Waals surface area contributed by atoms with Crippen molar-refractivity contribution < 1.29 is 4.39 Å². The molecule has 1 atom stereocenters. The molecule has 0 aromatic heterocycles. The standard InChI is InChI=1S/C18H21BrFN/c1-3-21-12-16(14-6-4-5-13(2)9-14)10-15-11-17(20)7-8-18(15)19/h4-9,11,16,21H,3,10,12H2,1-2H3. The predicted molar refractivity (Wildman–Crippen MR) is 90.3 cm³/mol. The lowest BCUT2D eigenvalue weighted by molar-refractivity contribution is 0.587. The number of rotatable bonds is 6. The van der Waals surface area contributed by atoms with Gasteiger partial charge in [0.1, 0.15) is 5.82 Å². The molecule has 0 saturated carbocycles. The maximum Gasteiger partial charge on any atom is 0.123 e. The number of aryl methyl sites for hydroxylation is 1. The van der Waals surface area contributed by atoms with Crippen LogP contribution in [0.2, 0.25) is 0 Å². The van der Waals surface area contributed by atoms with Gasteiger partial charge in [0.2, 0.25) is 0 Å². The van der Waals surface area contributed by atoms with E-state index < -0.39 is 0 Å². The normalized spacial score (nSPS) is 12.4. The number of benzene rings is 2. The molecule has 1 nitrogen and oxygen atoms in total. The lowest BCUT2D eigenvalue weighted by Gasteiger charge is -2.19. The fourth-order valence-electron chi connectivity index (χ4n) is 2.52. The Bertz CT molecular complexity index is 598. The average molecular weight is 350 g/mol. The predicted octanol–water partition coefficient (Wildman–Crippen LogP) is 4.83. The first-order chi connectivity index (χ1) is 10.1. The van der Waals surface area contributed by atoms with Crippen LogP contribution in [0.15, 0.2) is 46.9 Å². The fourth-order valence-corrected chi connectivity index (χ4v) is 2.92. The van der Waals surface area contributed by atoms with E-state index in [4.69, 9.17) is 0 Å². The lowest BCUT2D eigenvalue weighted by Crippen LogP contribution is -2.23. The Hall–Kier alpha value is -1.19. The van der Waals surface area contributed by atoms with Crippen molar-refractivity contribution in [1.82, 2.24) is 5.32 Å². The number of hydrogen-bond acceptors (Lipinski definition) is 1. The van der Waals surface area contributed by atoms with E-state index in [9.17, 15) is 4.39 Å². The molecule has 21 heavy (non-hydrogen) atoms. The summed E-state index contributed by atoms with van der Waals surface area (Å²) in [5.41, 5.74) is 3.57. The van der Waals surface area contributed by atoms with Gasteiger partial charge in [-0.3, -0.25) is 0 Å². The van der Waals surface area contributed by atoms with Gasteiger partial charge in [0, 0.05) is 16.9 Å². The molecule has 1 unspecified atom stereocenters. The maximum atomic E-state index is 13.5. The van der Waals surface area contributed by atoms with Crippen molar-refractivity contribution in [2.45, 2.75) is 26.2 Å². The van der Waals surface area contributed by atoms with Gasteiger partial charge in [0.15, 0.2) is 0 Å². The van der Waals surface area contributed by atoms with Gasteiger partial charge in [-0.25, -0.2) is 4.39 Å². The molecule has 0 aliphatic rings. The van der Waals surface area contributed by atoms with Crippen molar-refractivity contribution >= 4 is 15.9 Å². The Morgan fingerprint density at radius 2 is 2.00 bits per heavy atom. The van der Waals surface area contributed by atoms with E-state index in [0.717, 1.165) is 29.5 Å². The maximum absolute atomic E-state index is 13.5. The van der Waals surface area contributed by atoms with Crippen LogP contribution in [-0.4, -0.2) is 13.1 Å². The van der Waals surface area contributed by atoms with Crippen LogP contribution in [0.1, 0.15) is 29.5 Å². The van der Waals surface area contributed by atoms with Crippen LogP contribution in [0.3, 0.4) is 0 Å². The SMILES string of the molecule is CCNCC(Cc1cc(F)ccc1Br)c1cccc(C)c1. The van der Waals surface area contributed by atoms with Gasteiger partial charge in [-0.15, -0.1) is 0 Å². The number of halogens is 2. The van der Waals surface area contributed by atoms with E-state index in [1.165, 1.54) is 17.2 Å². The third-order valence-corrected chi connectivity index (χ3v) is 4.40. The van der Waals surface area contributed by atoms with Crippen LogP contribution in [0, 0.1) is 12.7 Å². The first-order valence-corrected chi connectivity index (χ1v) is 8.10. The van der Waals surface area contributed by atoms with Crippen LogP contribution in [0.4, 0.5) is 4.39 Å². The third kappa shape index (κ3) is 4.65. The molecule has 0 fully saturated rings. The molecule has 2 rings (SSSR count). The van der Waals surface area contributed by atoms with Crippen LogP contribution in [0.5, 0.6) is 0 Å². The highest BCUT2D eigenvalue weighted by atomic mass is 79.9. The molecule has 0 heterocycles. The monoisotopic (exact) mass is 349 g/mol. The van der Waals surface area contributed by atoms with Gasteiger partial charge < -0.3 is 5.32 Å². The third-order valence-electron chi connectivity index (χ3n) is 3.63. The highest BCUT2D eigenvalue weighted by molar-refractivity contribution is 9.10. The molecule has 0 aliphatic carbocycles. The minimum atomic E-state index is -0.181. The molecule has 0 bridgehead atoms. The number of hydrogen-bond donors (Lipinski definition) is 1. The van der Waals surface area contributed by atoms with Crippen molar-refractivity contribution in [3.8, 4) is 0 Å². The van der Waals surface area contributed by atoms with E-state index in [2.05, 4.69) is 59.4 Å². The minimum absolute atomic E-state index is 0.181. The Morgan fingerprint density at radius 1 is 1.19 bits per heavy atom. The smallest absolute Gasteiger partial charge is 0.123 e. The molecule has 0 spiro atoms. The van der Waals surface area contributed by atoms with Gasteiger partial charge in [-0.2, -0.15) is 0 Å². The van der Waals surface area contributed by atoms with Gasteiger partial charge in [-0.1, -0.05) is 52.7 Å². The zero-order valence-electron chi connectivity index (χ0n) is 12.5. The summed E-state index contributed by atoms with van der Waals surface area (Å²) in [7, 11) is 0. The first kappa shape index (κ1) is 16.2. The summed E-state index contributed by atoms with van der Waals surface area (Å²) in [5, 5.41) is 3.41. The minimum Gasteiger partial charge on any atom is -0.316 e. The Labute approximate surface area is 134 Å². The topological polar surface area (TPSA) is 12.0 Å². The Balaban J connectivity index is 2.25. The van der Waals surface area contributed by atoms with Crippen LogP contribution in [0.25, 0.3) is 0 Å². The largest absolute Gasteiger partial charge is 0.316 e. The van der Waals surface area contributed by atoms with E-state index in [0.29, 0.717) is 5.92 Å². The van der Waals surface area contributed by atoms with E-state index in [1.54, 1.807) is 12.1 Å². The van der Waals surface area contributed by atoms with Gasteiger partial charge in [-0.05, 0) is 49.2 Å². The molecule has 3 heteroatoms. The average Bonchev–Trinajstić information content (AvgIpc) is 2.47. The van der Waals surface area contributed by atoms with Gasteiger partial charge in [0.25, 0.3) is 0 Å². The fraction of sp³-hybridized carbons (Fsp3) is 0.333. The Morgan fingerprint density at radius 3 is 2.71 bits per heavy atom. The molecule has 0 amide bonds. The Kier molecular flexibility index (Phi) is 5.95. The lowest BCUT2D eigenvalue weighted by atomic mass is 9.91. The van der Waals surface area contributed by atoms with Gasteiger partial charge >= 0.3 is 0 Å². The van der Waals surface area contributed by atoms with Crippen molar-refractivity contribution in [3.63, 3.8) is 0 Å². The molecule has 2 aromatic rings. The van der Waals surface area contributed by atoms with Crippen molar-refractivity contribution in [2.75, 3.05) is 13.1 Å². The molecule has 0 radical (unpaired) electrons. The molecule has 0 aliphatic heterocycles. The van der Waals surface area contributed by atoms with Gasteiger partial charge in [0.05, 0.1) is 0 Å². The summed E-state index contributed by atoms with van der Waals surface area (Å²) in [4.78, 5) is 0. The van der Waals surface area contributed by atoms with Crippen LogP contribution in [-0.2, 0) is 6.42 Å². The summed E-state index contributed by atoms with van der Waals surface area (Å²) < 4.78 is 14.5. The summed E-state index contributed by atoms with van der Waals surface area (Å²) >= 11 is 3.53. The second-order valence-electron chi connectivity index (χ2n) is 5.36. The molecule has 0 saturated heterocycles. The van der Waals surface area contributed by atoms with E-state index in [-0.39, 0.29) is 5.82 Å². The second-order valence-corrected chi connectivity index (χ2v) is 6.21. The highest BCUT2D eigenvalue weighted by Crippen LogP contribution is 2.26. The van der Waals surface area contributed by atoms with Crippen molar-refractivity contribution in [3.05, 3.63) is 69.4 Å². The zero-order chi connectivity index (χ0) is 15.2. The van der Waals surface area contributed by atoms with E-state index >= 15 is 0 Å². The van der Waals surface area contributed by atoms with Crippen molar-refractivity contribution in [2.24, 2.45) is 0 Å².